The van der Waals surface area contributed by atoms with E-state index in [1.807, 2.05) is 43.3 Å². The number of hydrogen-bond donors (Lipinski definition) is 1. The average Bonchev–Trinajstić information content (AvgIpc) is 3.03. The molecule has 0 aliphatic carbocycles. The van der Waals surface area contributed by atoms with Crippen LogP contribution in [0.3, 0.4) is 0 Å². The van der Waals surface area contributed by atoms with Gasteiger partial charge in [0.15, 0.2) is 5.78 Å². The molecule has 0 amide bonds. The smallest absolute Gasteiger partial charge is 0.204 e. The number of rotatable bonds is 7. The van der Waals surface area contributed by atoms with Gasteiger partial charge in [-0.15, -0.1) is 0 Å². The third-order valence-electron chi connectivity index (χ3n) is 4.03. The molecule has 27 heavy (non-hydrogen) atoms. The van der Waals surface area contributed by atoms with Crippen LogP contribution in [-0.4, -0.2) is 17.0 Å². The molecule has 0 saturated heterocycles. The maximum absolute atomic E-state index is 11.5. The Morgan fingerprint density at radius 3 is 2.59 bits per heavy atom. The number of ketones is 1. The van der Waals surface area contributed by atoms with Crippen LogP contribution in [0, 0.1) is 13.8 Å². The van der Waals surface area contributed by atoms with Crippen molar-refractivity contribution in [3.8, 4) is 5.75 Å². The molecule has 0 fully saturated rings. The van der Waals surface area contributed by atoms with Crippen LogP contribution in [0.25, 0.3) is 0 Å². The van der Waals surface area contributed by atoms with Crippen LogP contribution < -0.4 is 10.2 Å². The van der Waals surface area contributed by atoms with Gasteiger partial charge in [0.25, 0.3) is 0 Å². The highest BCUT2D eigenvalue weighted by molar-refractivity contribution is 7.17. The molecule has 3 aromatic rings. The predicted octanol–water partition coefficient (Wildman–Crippen LogP) is 4.99. The number of nitrogens with one attached hydrogen (secondary N) is 1. The first-order chi connectivity index (χ1) is 13.0. The normalized spacial score (nSPS) is 10.9. The van der Waals surface area contributed by atoms with Crippen molar-refractivity contribution < 1.29 is 9.53 Å². The topological polar surface area (TPSA) is 63.6 Å². The Balaban J connectivity index is 1.56. The Morgan fingerprint density at radius 1 is 1.19 bits per heavy atom. The average molecular weight is 379 g/mol. The zero-order valence-electron chi connectivity index (χ0n) is 15.5. The van der Waals surface area contributed by atoms with Crippen LogP contribution in [0.15, 0.2) is 53.6 Å². The molecular weight excluding hydrogens is 358 g/mol. The summed E-state index contributed by atoms with van der Waals surface area (Å²) in [6.07, 6.45) is 1.70. The quantitative estimate of drug-likeness (QED) is 0.357. The Hall–Kier alpha value is -2.99. The molecule has 1 N–H and O–H groups in total. The Labute approximate surface area is 162 Å². The van der Waals surface area contributed by atoms with Crippen LogP contribution >= 0.6 is 11.3 Å². The summed E-state index contributed by atoms with van der Waals surface area (Å²) in [6, 6.07) is 15.9. The molecule has 0 spiro atoms. The number of Topliss-reactive ketones (excluding diaryl/α,β-unsaturated/α-hetero) is 1. The van der Waals surface area contributed by atoms with Crippen molar-refractivity contribution in [1.82, 2.24) is 4.98 Å². The summed E-state index contributed by atoms with van der Waals surface area (Å²) in [5, 5.41) is 4.79. The molecule has 0 saturated carbocycles. The summed E-state index contributed by atoms with van der Waals surface area (Å²) >= 11 is 1.31. The van der Waals surface area contributed by atoms with E-state index in [0.717, 1.165) is 17.0 Å². The lowest BCUT2D eigenvalue weighted by Crippen LogP contribution is -1.97. The number of aryl methyl sites for hydroxylation is 2. The zero-order chi connectivity index (χ0) is 19.2. The first-order valence-corrected chi connectivity index (χ1v) is 9.39. The molecule has 0 aliphatic heterocycles. The molecule has 6 heteroatoms. The van der Waals surface area contributed by atoms with E-state index in [9.17, 15) is 4.79 Å². The number of ether oxygens (including phenoxy) is 1. The number of benzene rings is 2. The van der Waals surface area contributed by atoms with Crippen LogP contribution in [-0.2, 0) is 6.61 Å². The molecular formula is C21H21N3O2S. The Kier molecular flexibility index (Phi) is 5.98. The molecule has 1 heterocycles. The Bertz CT molecular complexity index is 962. The lowest BCUT2D eigenvalue weighted by Gasteiger charge is -2.08. The summed E-state index contributed by atoms with van der Waals surface area (Å²) in [6.45, 7) is 5.98. The second kappa shape index (κ2) is 8.60. The van der Waals surface area contributed by atoms with Gasteiger partial charge in [-0.3, -0.25) is 10.2 Å². The fourth-order valence-electron chi connectivity index (χ4n) is 2.52. The highest BCUT2D eigenvalue weighted by Crippen LogP contribution is 2.22. The van der Waals surface area contributed by atoms with Gasteiger partial charge in [0.1, 0.15) is 12.4 Å². The van der Waals surface area contributed by atoms with Crippen molar-refractivity contribution in [3.63, 3.8) is 0 Å². The van der Waals surface area contributed by atoms with Crippen molar-refractivity contribution >= 4 is 28.5 Å². The van der Waals surface area contributed by atoms with Gasteiger partial charge in [0, 0.05) is 6.92 Å². The van der Waals surface area contributed by atoms with E-state index >= 15 is 0 Å². The maximum Gasteiger partial charge on any atom is 0.204 e. The lowest BCUT2D eigenvalue weighted by molar-refractivity contribution is 0.102. The largest absolute Gasteiger partial charge is 0.489 e. The molecule has 0 bridgehead atoms. The number of carbonyl (C=O) groups is 1. The minimum absolute atomic E-state index is 0.0170. The molecule has 0 radical (unpaired) electrons. The fourth-order valence-corrected chi connectivity index (χ4v) is 3.33. The summed E-state index contributed by atoms with van der Waals surface area (Å²) in [7, 11) is 0. The van der Waals surface area contributed by atoms with Crippen LogP contribution in [0.5, 0.6) is 5.75 Å². The number of hydrogen-bond acceptors (Lipinski definition) is 6. The highest BCUT2D eigenvalue weighted by Gasteiger charge is 2.10. The number of hydrazone groups is 1. The third-order valence-corrected chi connectivity index (χ3v) is 5.19. The van der Waals surface area contributed by atoms with E-state index in [4.69, 9.17) is 4.74 Å². The second-order valence-corrected chi connectivity index (χ2v) is 7.14. The van der Waals surface area contributed by atoms with Crippen LogP contribution in [0.1, 0.15) is 39.0 Å². The van der Waals surface area contributed by atoms with Crippen molar-refractivity contribution in [2.75, 3.05) is 5.43 Å². The van der Waals surface area contributed by atoms with E-state index in [0.29, 0.717) is 16.6 Å². The number of anilines is 1. The van der Waals surface area contributed by atoms with Crippen LogP contribution in [0.2, 0.25) is 0 Å². The second-order valence-electron chi connectivity index (χ2n) is 6.14. The summed E-state index contributed by atoms with van der Waals surface area (Å²) < 4.78 is 5.84. The summed E-state index contributed by atoms with van der Waals surface area (Å²) in [5.41, 5.74) is 6.93. The lowest BCUT2D eigenvalue weighted by atomic mass is 10.1. The number of nitrogens with zero attached hydrogens (tertiary/aromatic N) is 2. The molecule has 0 aliphatic rings. The summed E-state index contributed by atoms with van der Waals surface area (Å²) in [5.74, 6) is 0.827. The number of aromatic nitrogens is 1. The number of carbonyl (C=O) groups excluding carboxylic acids is 1. The molecule has 0 unspecified atom stereocenters. The van der Waals surface area contributed by atoms with E-state index in [1.165, 1.54) is 29.4 Å². The van der Waals surface area contributed by atoms with Crippen LogP contribution in [0.4, 0.5) is 5.13 Å². The van der Waals surface area contributed by atoms with Gasteiger partial charge in [-0.05, 0) is 54.8 Å². The first-order valence-electron chi connectivity index (χ1n) is 8.58. The van der Waals surface area contributed by atoms with E-state index in [1.54, 1.807) is 6.21 Å². The van der Waals surface area contributed by atoms with Gasteiger partial charge in [-0.25, -0.2) is 4.98 Å². The standard InChI is InChI=1S/C21H21N3O2S/c1-14-6-4-5-7-18(14)13-26-19-10-8-17(9-11-19)12-22-24-21-23-15(2)20(27-21)16(3)25/h4-12H,13H2,1-3H3,(H,23,24)/b22-12+. The SMILES string of the molecule is CC(=O)c1sc(N/N=C/c2ccc(OCc3ccccc3C)cc2)nc1C. The van der Waals surface area contributed by atoms with E-state index in [-0.39, 0.29) is 5.78 Å². The maximum atomic E-state index is 11.5. The van der Waals surface area contributed by atoms with Gasteiger partial charge in [-0.1, -0.05) is 35.6 Å². The molecule has 138 valence electrons. The third kappa shape index (κ3) is 5.01. The molecule has 3 rings (SSSR count). The van der Waals surface area contributed by atoms with E-state index in [2.05, 4.69) is 34.6 Å². The van der Waals surface area contributed by atoms with Gasteiger partial charge in [0.2, 0.25) is 5.13 Å². The predicted molar refractivity (Wildman–Crippen MR) is 110 cm³/mol. The van der Waals surface area contributed by atoms with Crippen molar-refractivity contribution in [2.24, 2.45) is 5.10 Å². The summed E-state index contributed by atoms with van der Waals surface area (Å²) in [4.78, 5) is 16.4. The monoisotopic (exact) mass is 379 g/mol. The minimum atomic E-state index is 0.0170. The first kappa shape index (κ1) is 18.8. The van der Waals surface area contributed by atoms with Crippen molar-refractivity contribution in [3.05, 3.63) is 75.8 Å². The molecule has 5 nitrogen and oxygen atoms in total. The van der Waals surface area contributed by atoms with E-state index < -0.39 is 0 Å². The fraction of sp³-hybridized carbons (Fsp3) is 0.190. The highest BCUT2D eigenvalue weighted by atomic mass is 32.1. The van der Waals surface area contributed by atoms with Gasteiger partial charge in [-0.2, -0.15) is 5.10 Å². The molecule has 2 aromatic carbocycles. The molecule has 1 aromatic heterocycles. The van der Waals surface area contributed by atoms with Gasteiger partial charge in [0.05, 0.1) is 16.8 Å². The van der Waals surface area contributed by atoms with Crippen molar-refractivity contribution in [2.45, 2.75) is 27.4 Å². The minimum Gasteiger partial charge on any atom is -0.489 e. The van der Waals surface area contributed by atoms with Crippen molar-refractivity contribution in [1.29, 1.82) is 0 Å². The number of thiazole rings is 1. The Morgan fingerprint density at radius 2 is 1.93 bits per heavy atom. The molecule has 0 atom stereocenters. The van der Waals surface area contributed by atoms with Gasteiger partial charge >= 0.3 is 0 Å². The van der Waals surface area contributed by atoms with Gasteiger partial charge < -0.3 is 4.74 Å². The zero-order valence-corrected chi connectivity index (χ0v) is 16.3.